The molecule has 0 radical (unpaired) electrons. The van der Waals surface area contributed by atoms with Crippen molar-refractivity contribution >= 4 is 17.3 Å². The lowest BCUT2D eigenvalue weighted by Gasteiger charge is -2.26. The molecule has 7 heteroatoms. The zero-order chi connectivity index (χ0) is 16.2. The number of ether oxygens (including phenoxy) is 1. The number of benzene rings is 1. The number of nitrogens with one attached hydrogen (secondary N) is 1. The minimum atomic E-state index is -0.501. The van der Waals surface area contributed by atoms with Crippen LogP contribution in [-0.4, -0.2) is 49.1 Å². The van der Waals surface area contributed by atoms with E-state index in [9.17, 15) is 14.9 Å². The van der Waals surface area contributed by atoms with Crippen LogP contribution >= 0.6 is 0 Å². The molecule has 0 fully saturated rings. The summed E-state index contributed by atoms with van der Waals surface area (Å²) in [6.07, 6.45) is 0. The molecule has 0 bridgehead atoms. The summed E-state index contributed by atoms with van der Waals surface area (Å²) < 4.78 is 5.09. The average Bonchev–Trinajstić information content (AvgIpc) is 2.36. The normalized spacial score (nSPS) is 11.1. The second kappa shape index (κ2) is 6.53. The summed E-state index contributed by atoms with van der Waals surface area (Å²) in [6.45, 7) is 4.09. The maximum absolute atomic E-state index is 12.0. The minimum absolute atomic E-state index is 0.0746. The fourth-order valence-corrected chi connectivity index (χ4v) is 1.95. The molecule has 0 saturated heterocycles. The van der Waals surface area contributed by atoms with E-state index >= 15 is 0 Å². The largest absolute Gasteiger partial charge is 0.382 e. The van der Waals surface area contributed by atoms with Crippen molar-refractivity contribution in [3.05, 3.63) is 33.9 Å². The van der Waals surface area contributed by atoms with Crippen molar-refractivity contribution in [1.29, 1.82) is 0 Å². The standard InChI is InChI=1S/C14H21N3O4/c1-14(2,9-21-5)15-11-8-10(13(18)16(3)4)6-7-12(11)17(19)20/h6-8,15H,9H2,1-5H3. The summed E-state index contributed by atoms with van der Waals surface area (Å²) in [6, 6.07) is 4.29. The Balaban J connectivity index is 3.22. The summed E-state index contributed by atoms with van der Waals surface area (Å²) >= 11 is 0. The van der Waals surface area contributed by atoms with Crippen LogP contribution < -0.4 is 5.32 Å². The zero-order valence-corrected chi connectivity index (χ0v) is 13.0. The summed E-state index contributed by atoms with van der Waals surface area (Å²) in [5.74, 6) is -0.211. The molecule has 7 nitrogen and oxygen atoms in total. The van der Waals surface area contributed by atoms with Gasteiger partial charge in [0, 0.05) is 32.8 Å². The number of nitro benzene ring substituents is 1. The second-order valence-electron chi connectivity index (χ2n) is 5.63. The summed E-state index contributed by atoms with van der Waals surface area (Å²) in [5, 5.41) is 14.2. The van der Waals surface area contributed by atoms with Crippen molar-refractivity contribution in [1.82, 2.24) is 4.90 Å². The number of hydrogen-bond donors (Lipinski definition) is 1. The van der Waals surface area contributed by atoms with Gasteiger partial charge in [-0.15, -0.1) is 0 Å². The zero-order valence-electron chi connectivity index (χ0n) is 13.0. The summed E-state index contributed by atoms with van der Waals surface area (Å²) in [7, 11) is 4.82. The van der Waals surface area contributed by atoms with Crippen LogP contribution in [0.4, 0.5) is 11.4 Å². The lowest BCUT2D eigenvalue weighted by atomic mass is 10.0. The molecule has 1 aromatic rings. The number of anilines is 1. The van der Waals surface area contributed by atoms with Crippen molar-refractivity contribution < 1.29 is 14.5 Å². The van der Waals surface area contributed by atoms with Gasteiger partial charge >= 0.3 is 0 Å². The van der Waals surface area contributed by atoms with Crippen LogP contribution in [0, 0.1) is 10.1 Å². The molecule has 0 saturated carbocycles. The Morgan fingerprint density at radius 2 is 2.05 bits per heavy atom. The number of carbonyl (C=O) groups excluding carboxylic acids is 1. The molecule has 1 aromatic carbocycles. The van der Waals surface area contributed by atoms with Crippen LogP contribution in [0.25, 0.3) is 0 Å². The second-order valence-corrected chi connectivity index (χ2v) is 5.63. The van der Waals surface area contributed by atoms with Gasteiger partial charge in [0.15, 0.2) is 0 Å². The molecular weight excluding hydrogens is 274 g/mol. The van der Waals surface area contributed by atoms with Gasteiger partial charge in [-0.2, -0.15) is 0 Å². The number of hydrogen-bond acceptors (Lipinski definition) is 5. The molecule has 1 rings (SSSR count). The first-order valence-electron chi connectivity index (χ1n) is 6.45. The quantitative estimate of drug-likeness (QED) is 0.642. The smallest absolute Gasteiger partial charge is 0.292 e. The van der Waals surface area contributed by atoms with E-state index in [1.807, 2.05) is 13.8 Å². The lowest BCUT2D eigenvalue weighted by molar-refractivity contribution is -0.384. The highest BCUT2D eigenvalue weighted by Gasteiger charge is 2.24. The Morgan fingerprint density at radius 3 is 2.52 bits per heavy atom. The number of rotatable bonds is 6. The van der Waals surface area contributed by atoms with Gasteiger partial charge in [0.25, 0.3) is 11.6 Å². The number of nitro groups is 1. The number of nitrogens with zero attached hydrogens (tertiary/aromatic N) is 2. The Labute approximate surface area is 124 Å². The van der Waals surface area contributed by atoms with Crippen molar-refractivity contribution in [2.75, 3.05) is 33.1 Å². The topological polar surface area (TPSA) is 84.7 Å². The molecule has 0 aliphatic heterocycles. The van der Waals surface area contributed by atoms with Gasteiger partial charge in [0.2, 0.25) is 0 Å². The molecule has 0 aliphatic carbocycles. The van der Waals surface area contributed by atoms with Gasteiger partial charge in [0.1, 0.15) is 5.69 Å². The summed E-state index contributed by atoms with van der Waals surface area (Å²) in [5.41, 5.74) is 0.116. The van der Waals surface area contributed by atoms with Gasteiger partial charge < -0.3 is 15.0 Å². The lowest BCUT2D eigenvalue weighted by Crippen LogP contribution is -2.36. The Kier molecular flexibility index (Phi) is 5.26. The molecule has 0 aromatic heterocycles. The highest BCUT2D eigenvalue weighted by atomic mass is 16.6. The summed E-state index contributed by atoms with van der Waals surface area (Å²) in [4.78, 5) is 24.0. The van der Waals surface area contributed by atoms with Crippen molar-refractivity contribution in [3.63, 3.8) is 0 Å². The van der Waals surface area contributed by atoms with Crippen LogP contribution in [0.3, 0.4) is 0 Å². The van der Waals surface area contributed by atoms with Crippen molar-refractivity contribution in [2.45, 2.75) is 19.4 Å². The number of methoxy groups -OCH3 is 1. The first-order valence-corrected chi connectivity index (χ1v) is 6.45. The van der Waals surface area contributed by atoms with E-state index in [0.29, 0.717) is 17.9 Å². The van der Waals surface area contributed by atoms with Gasteiger partial charge in [0.05, 0.1) is 17.1 Å². The molecule has 1 N–H and O–H groups in total. The Morgan fingerprint density at radius 1 is 1.43 bits per heavy atom. The molecule has 21 heavy (non-hydrogen) atoms. The first-order chi connectivity index (χ1) is 9.68. The van der Waals surface area contributed by atoms with E-state index in [-0.39, 0.29) is 11.6 Å². The van der Waals surface area contributed by atoms with E-state index in [0.717, 1.165) is 0 Å². The van der Waals surface area contributed by atoms with E-state index in [4.69, 9.17) is 4.74 Å². The molecular formula is C14H21N3O4. The van der Waals surface area contributed by atoms with Crippen molar-refractivity contribution in [3.8, 4) is 0 Å². The Bertz CT molecular complexity index is 541. The highest BCUT2D eigenvalue weighted by molar-refractivity contribution is 5.95. The first kappa shape index (κ1) is 16.9. The van der Waals surface area contributed by atoms with Gasteiger partial charge in [-0.3, -0.25) is 14.9 Å². The maximum atomic E-state index is 12.0. The number of carbonyl (C=O) groups is 1. The van der Waals surface area contributed by atoms with E-state index < -0.39 is 10.5 Å². The number of amides is 1. The Hall–Kier alpha value is -2.15. The third-order valence-corrected chi connectivity index (χ3v) is 2.82. The third-order valence-electron chi connectivity index (χ3n) is 2.82. The molecule has 1 amide bonds. The molecule has 0 unspecified atom stereocenters. The molecule has 0 atom stereocenters. The third kappa shape index (κ3) is 4.42. The fraction of sp³-hybridized carbons (Fsp3) is 0.500. The van der Waals surface area contributed by atoms with E-state index in [2.05, 4.69) is 5.32 Å². The van der Waals surface area contributed by atoms with Crippen LogP contribution in [0.2, 0.25) is 0 Å². The molecule has 116 valence electrons. The van der Waals surface area contributed by atoms with Crippen LogP contribution in [0.5, 0.6) is 0 Å². The van der Waals surface area contributed by atoms with Gasteiger partial charge in [-0.05, 0) is 26.0 Å². The average molecular weight is 295 g/mol. The van der Waals surface area contributed by atoms with Gasteiger partial charge in [-0.1, -0.05) is 0 Å². The molecule has 0 spiro atoms. The fourth-order valence-electron chi connectivity index (χ4n) is 1.95. The predicted molar refractivity (Wildman–Crippen MR) is 80.7 cm³/mol. The molecule has 0 heterocycles. The predicted octanol–water partition coefficient (Wildman–Crippen LogP) is 2.13. The van der Waals surface area contributed by atoms with E-state index in [1.54, 1.807) is 21.2 Å². The van der Waals surface area contributed by atoms with Crippen molar-refractivity contribution in [2.24, 2.45) is 0 Å². The maximum Gasteiger partial charge on any atom is 0.292 e. The van der Waals surface area contributed by atoms with Crippen LogP contribution in [0.1, 0.15) is 24.2 Å². The van der Waals surface area contributed by atoms with Crippen LogP contribution in [-0.2, 0) is 4.74 Å². The SMILES string of the molecule is COCC(C)(C)Nc1cc(C(=O)N(C)C)ccc1[N+](=O)[O-]. The monoisotopic (exact) mass is 295 g/mol. The molecule has 0 aliphatic rings. The minimum Gasteiger partial charge on any atom is -0.382 e. The van der Waals surface area contributed by atoms with Gasteiger partial charge in [-0.25, -0.2) is 0 Å². The van der Waals surface area contributed by atoms with E-state index in [1.165, 1.54) is 23.1 Å². The van der Waals surface area contributed by atoms with Crippen LogP contribution in [0.15, 0.2) is 18.2 Å². The highest BCUT2D eigenvalue weighted by Crippen LogP contribution is 2.28.